The first-order valence-corrected chi connectivity index (χ1v) is 3.99. The van der Waals surface area contributed by atoms with Gasteiger partial charge in [0.1, 0.15) is 0 Å². The molecule has 1 amide bonds. The summed E-state index contributed by atoms with van der Waals surface area (Å²) in [5.74, 6) is -0.333. The third-order valence-corrected chi connectivity index (χ3v) is 1.54. The summed E-state index contributed by atoms with van der Waals surface area (Å²) < 4.78 is 0. The summed E-state index contributed by atoms with van der Waals surface area (Å²) in [6, 6.07) is 7.41. The van der Waals surface area contributed by atoms with Crippen molar-refractivity contribution in [2.75, 3.05) is 5.73 Å². The van der Waals surface area contributed by atoms with Gasteiger partial charge in [0.2, 0.25) is 5.91 Å². The van der Waals surface area contributed by atoms with Crippen molar-refractivity contribution < 1.29 is 4.79 Å². The molecular formula is C10H12N2O. The Morgan fingerprint density at radius 3 is 2.85 bits per heavy atom. The molecule has 0 unspecified atom stereocenters. The van der Waals surface area contributed by atoms with Crippen molar-refractivity contribution >= 4 is 17.7 Å². The minimum Gasteiger partial charge on any atom is -0.399 e. The fraction of sp³-hybridized carbons (Fsp3) is 0.100. The van der Waals surface area contributed by atoms with Crippen LogP contribution in [0.25, 0.3) is 6.08 Å². The van der Waals surface area contributed by atoms with E-state index in [1.54, 1.807) is 6.08 Å². The number of primary amides is 1. The number of benzene rings is 1. The summed E-state index contributed by atoms with van der Waals surface area (Å²) in [6.07, 6.45) is 3.80. The van der Waals surface area contributed by atoms with E-state index in [9.17, 15) is 4.79 Å². The highest BCUT2D eigenvalue weighted by atomic mass is 16.1. The van der Waals surface area contributed by atoms with Gasteiger partial charge in [0.15, 0.2) is 0 Å². The largest absolute Gasteiger partial charge is 0.399 e. The van der Waals surface area contributed by atoms with Crippen molar-refractivity contribution in [2.24, 2.45) is 5.73 Å². The molecule has 0 aliphatic rings. The molecule has 68 valence electrons. The maximum atomic E-state index is 10.4. The highest BCUT2D eigenvalue weighted by Gasteiger charge is 1.89. The average Bonchev–Trinajstić information content (AvgIpc) is 2.03. The van der Waals surface area contributed by atoms with Crippen LogP contribution in [0.2, 0.25) is 0 Å². The second-order valence-electron chi connectivity index (χ2n) is 2.74. The summed E-state index contributed by atoms with van der Waals surface area (Å²) in [5.41, 5.74) is 12.2. The number of amides is 1. The van der Waals surface area contributed by atoms with Gasteiger partial charge in [-0.15, -0.1) is 0 Å². The Morgan fingerprint density at radius 2 is 2.23 bits per heavy atom. The molecule has 0 saturated carbocycles. The van der Waals surface area contributed by atoms with Gasteiger partial charge in [0.25, 0.3) is 0 Å². The Morgan fingerprint density at radius 1 is 1.46 bits per heavy atom. The summed E-state index contributed by atoms with van der Waals surface area (Å²) >= 11 is 0. The normalized spacial score (nSPS) is 10.5. The van der Waals surface area contributed by atoms with Crippen LogP contribution in [0, 0.1) is 0 Å². The molecule has 0 bridgehead atoms. The third-order valence-electron chi connectivity index (χ3n) is 1.54. The fourth-order valence-corrected chi connectivity index (χ4v) is 0.974. The lowest BCUT2D eigenvalue weighted by molar-refractivity contribution is -0.117. The number of rotatable bonds is 3. The number of hydrogen-bond acceptors (Lipinski definition) is 2. The summed E-state index contributed by atoms with van der Waals surface area (Å²) in [6.45, 7) is 0. The van der Waals surface area contributed by atoms with Crippen LogP contribution in [0.15, 0.2) is 30.3 Å². The zero-order valence-electron chi connectivity index (χ0n) is 7.23. The van der Waals surface area contributed by atoms with Crippen LogP contribution in [0.3, 0.4) is 0 Å². The topological polar surface area (TPSA) is 69.1 Å². The van der Waals surface area contributed by atoms with Gasteiger partial charge >= 0.3 is 0 Å². The van der Waals surface area contributed by atoms with Gasteiger partial charge in [-0.05, 0) is 17.7 Å². The second kappa shape index (κ2) is 4.30. The van der Waals surface area contributed by atoms with E-state index in [2.05, 4.69) is 0 Å². The minimum absolute atomic E-state index is 0.259. The lowest BCUT2D eigenvalue weighted by Gasteiger charge is -1.94. The van der Waals surface area contributed by atoms with Crippen LogP contribution in [0.5, 0.6) is 0 Å². The molecule has 0 aromatic heterocycles. The number of carbonyl (C=O) groups is 1. The molecule has 0 atom stereocenters. The van der Waals surface area contributed by atoms with Gasteiger partial charge in [0, 0.05) is 12.1 Å². The predicted octanol–water partition coefficient (Wildman–Crippen LogP) is 1.16. The highest BCUT2D eigenvalue weighted by molar-refractivity contribution is 5.76. The van der Waals surface area contributed by atoms with Gasteiger partial charge < -0.3 is 11.5 Å². The van der Waals surface area contributed by atoms with Crippen LogP contribution >= 0.6 is 0 Å². The first-order valence-electron chi connectivity index (χ1n) is 3.99. The summed E-state index contributed by atoms with van der Waals surface area (Å²) in [7, 11) is 0. The maximum absolute atomic E-state index is 10.4. The molecule has 13 heavy (non-hydrogen) atoms. The predicted molar refractivity (Wildman–Crippen MR) is 53.7 cm³/mol. The van der Waals surface area contributed by atoms with Crippen molar-refractivity contribution in [1.82, 2.24) is 0 Å². The number of nitrogen functional groups attached to an aromatic ring is 1. The van der Waals surface area contributed by atoms with E-state index < -0.39 is 0 Å². The molecule has 1 aromatic rings. The lowest BCUT2D eigenvalue weighted by Crippen LogP contribution is -2.07. The Hall–Kier alpha value is -1.77. The Bertz CT molecular complexity index is 331. The molecule has 0 heterocycles. The van der Waals surface area contributed by atoms with Crippen molar-refractivity contribution in [1.29, 1.82) is 0 Å². The molecule has 0 radical (unpaired) electrons. The molecule has 3 nitrogen and oxygen atoms in total. The van der Waals surface area contributed by atoms with Gasteiger partial charge in [0.05, 0.1) is 0 Å². The molecule has 0 saturated heterocycles. The van der Waals surface area contributed by atoms with Crippen molar-refractivity contribution in [3.05, 3.63) is 35.9 Å². The molecule has 4 N–H and O–H groups in total. The van der Waals surface area contributed by atoms with Crippen molar-refractivity contribution in [3.8, 4) is 0 Å². The van der Waals surface area contributed by atoms with Crippen LogP contribution in [-0.2, 0) is 4.79 Å². The number of anilines is 1. The Kier molecular flexibility index (Phi) is 3.09. The van der Waals surface area contributed by atoms with Gasteiger partial charge in [-0.3, -0.25) is 4.79 Å². The number of hydrogen-bond donors (Lipinski definition) is 2. The van der Waals surface area contributed by atoms with E-state index in [0.29, 0.717) is 5.69 Å². The Labute approximate surface area is 77.0 Å². The quantitative estimate of drug-likeness (QED) is 0.678. The minimum atomic E-state index is -0.333. The zero-order valence-corrected chi connectivity index (χ0v) is 7.23. The van der Waals surface area contributed by atoms with E-state index in [1.165, 1.54) is 0 Å². The van der Waals surface area contributed by atoms with Crippen LogP contribution in [0.1, 0.15) is 12.0 Å². The molecule has 0 aliphatic carbocycles. The second-order valence-corrected chi connectivity index (χ2v) is 2.74. The lowest BCUT2D eigenvalue weighted by atomic mass is 10.2. The van der Waals surface area contributed by atoms with E-state index in [1.807, 2.05) is 30.3 Å². The average molecular weight is 176 g/mol. The number of nitrogens with two attached hydrogens (primary N) is 2. The molecule has 0 spiro atoms. The molecule has 1 aromatic carbocycles. The molecule has 0 fully saturated rings. The van der Waals surface area contributed by atoms with E-state index in [4.69, 9.17) is 11.5 Å². The fourth-order valence-electron chi connectivity index (χ4n) is 0.974. The molecule has 0 aliphatic heterocycles. The zero-order chi connectivity index (χ0) is 9.68. The van der Waals surface area contributed by atoms with Crippen molar-refractivity contribution in [2.45, 2.75) is 6.42 Å². The summed E-state index contributed by atoms with van der Waals surface area (Å²) in [5, 5.41) is 0. The SMILES string of the molecule is NC(=O)CC=Cc1cccc(N)c1. The monoisotopic (exact) mass is 176 g/mol. The third kappa shape index (κ3) is 3.42. The van der Waals surface area contributed by atoms with Gasteiger partial charge in [-0.2, -0.15) is 0 Å². The molecular weight excluding hydrogens is 164 g/mol. The van der Waals surface area contributed by atoms with Crippen molar-refractivity contribution in [3.63, 3.8) is 0 Å². The first kappa shape index (κ1) is 9.32. The molecule has 3 heteroatoms. The van der Waals surface area contributed by atoms with E-state index in [0.717, 1.165) is 5.56 Å². The summed E-state index contributed by atoms with van der Waals surface area (Å²) in [4.78, 5) is 10.4. The standard InChI is InChI=1S/C10H12N2O/c11-9-5-1-3-8(7-9)4-2-6-10(12)13/h1-5,7H,6,11H2,(H2,12,13). The van der Waals surface area contributed by atoms with E-state index in [-0.39, 0.29) is 12.3 Å². The van der Waals surface area contributed by atoms with Gasteiger partial charge in [-0.1, -0.05) is 24.3 Å². The van der Waals surface area contributed by atoms with Crippen LogP contribution in [0.4, 0.5) is 5.69 Å². The van der Waals surface area contributed by atoms with Crippen LogP contribution in [-0.4, -0.2) is 5.91 Å². The highest BCUT2D eigenvalue weighted by Crippen LogP contribution is 2.08. The van der Waals surface area contributed by atoms with Gasteiger partial charge in [-0.25, -0.2) is 0 Å². The Balaban J connectivity index is 2.63. The maximum Gasteiger partial charge on any atom is 0.221 e. The first-order chi connectivity index (χ1) is 6.18. The van der Waals surface area contributed by atoms with Crippen LogP contribution < -0.4 is 11.5 Å². The molecule has 1 rings (SSSR count). The van der Waals surface area contributed by atoms with E-state index >= 15 is 0 Å². The smallest absolute Gasteiger partial charge is 0.221 e. The number of carbonyl (C=O) groups excluding carboxylic acids is 1.